The Morgan fingerprint density at radius 3 is 2.22 bits per heavy atom. The van der Waals surface area contributed by atoms with Crippen LogP contribution in [0.1, 0.15) is 34.6 Å². The summed E-state index contributed by atoms with van der Waals surface area (Å²) in [5.41, 5.74) is 3.81. The number of rotatable bonds is 5. The van der Waals surface area contributed by atoms with Crippen LogP contribution >= 0.6 is 0 Å². The molecule has 0 atom stereocenters. The first-order valence-corrected chi connectivity index (χ1v) is 8.45. The zero-order valence-corrected chi connectivity index (χ0v) is 15.0. The van der Waals surface area contributed by atoms with Crippen molar-refractivity contribution in [2.24, 2.45) is 0 Å². The summed E-state index contributed by atoms with van der Waals surface area (Å²) < 4.78 is 0. The lowest BCUT2D eigenvalue weighted by Gasteiger charge is -2.14. The van der Waals surface area contributed by atoms with Gasteiger partial charge in [0.1, 0.15) is 0 Å². The third-order valence-electron chi connectivity index (χ3n) is 4.38. The lowest BCUT2D eigenvalue weighted by atomic mass is 9.73. The summed E-state index contributed by atoms with van der Waals surface area (Å²) in [7, 11) is -1.72. The standard InChI is InChI=1S/C21H18BNO4/c1-13(24)15-5-3-6-16(9-15)17-10-18(12-23-11-17)21-19(14(2)25)7-4-8-20(21)22(26)27/h3-12,26-27H,1-2H3. The smallest absolute Gasteiger partial charge is 0.423 e. The highest BCUT2D eigenvalue weighted by atomic mass is 16.4. The van der Waals surface area contributed by atoms with Gasteiger partial charge in [-0.25, -0.2) is 0 Å². The number of benzene rings is 2. The monoisotopic (exact) mass is 359 g/mol. The van der Waals surface area contributed by atoms with Crippen LogP contribution in [0.3, 0.4) is 0 Å². The molecule has 0 unspecified atom stereocenters. The third kappa shape index (κ3) is 3.87. The molecule has 2 N–H and O–H groups in total. The van der Waals surface area contributed by atoms with Crippen LogP contribution in [0.15, 0.2) is 60.9 Å². The molecular weight excluding hydrogens is 341 g/mol. The molecule has 1 aromatic heterocycles. The molecule has 0 fully saturated rings. The van der Waals surface area contributed by atoms with E-state index in [0.29, 0.717) is 22.3 Å². The minimum atomic E-state index is -1.72. The van der Waals surface area contributed by atoms with Crippen LogP contribution in [0.2, 0.25) is 0 Å². The van der Waals surface area contributed by atoms with E-state index in [9.17, 15) is 19.6 Å². The highest BCUT2D eigenvalue weighted by molar-refractivity contribution is 6.60. The van der Waals surface area contributed by atoms with Crippen molar-refractivity contribution < 1.29 is 19.6 Å². The van der Waals surface area contributed by atoms with Gasteiger partial charge in [0, 0.05) is 34.6 Å². The van der Waals surface area contributed by atoms with Crippen molar-refractivity contribution in [3.05, 3.63) is 72.1 Å². The van der Waals surface area contributed by atoms with Crippen LogP contribution in [0.5, 0.6) is 0 Å². The molecule has 0 aliphatic rings. The summed E-state index contributed by atoms with van der Waals surface area (Å²) in [5.74, 6) is -0.218. The molecule has 0 bridgehead atoms. The highest BCUT2D eigenvalue weighted by Gasteiger charge is 2.22. The molecule has 1 heterocycles. The first-order chi connectivity index (χ1) is 12.9. The van der Waals surface area contributed by atoms with E-state index in [0.717, 1.165) is 11.1 Å². The average molecular weight is 359 g/mol. The van der Waals surface area contributed by atoms with Crippen LogP contribution in [0, 0.1) is 0 Å². The van der Waals surface area contributed by atoms with E-state index in [1.165, 1.54) is 13.8 Å². The van der Waals surface area contributed by atoms with Gasteiger partial charge in [0.2, 0.25) is 0 Å². The molecule has 3 rings (SSSR count). The highest BCUT2D eigenvalue weighted by Crippen LogP contribution is 2.28. The molecular formula is C21H18BNO4. The fourth-order valence-electron chi connectivity index (χ4n) is 3.05. The number of aromatic nitrogens is 1. The first kappa shape index (κ1) is 18.7. The van der Waals surface area contributed by atoms with Gasteiger partial charge in [-0.2, -0.15) is 0 Å². The topological polar surface area (TPSA) is 87.5 Å². The van der Waals surface area contributed by atoms with E-state index in [1.807, 2.05) is 12.1 Å². The van der Waals surface area contributed by atoms with E-state index in [2.05, 4.69) is 4.98 Å². The van der Waals surface area contributed by atoms with Gasteiger partial charge in [0.15, 0.2) is 11.6 Å². The molecule has 0 spiro atoms. The minimum Gasteiger partial charge on any atom is -0.423 e. The Labute approximate surface area is 157 Å². The Morgan fingerprint density at radius 2 is 1.56 bits per heavy atom. The quantitative estimate of drug-likeness (QED) is 0.540. The van der Waals surface area contributed by atoms with Gasteiger partial charge in [0.05, 0.1) is 0 Å². The Morgan fingerprint density at radius 1 is 0.852 bits per heavy atom. The molecule has 0 aliphatic carbocycles. The molecule has 0 amide bonds. The van der Waals surface area contributed by atoms with Gasteiger partial charge in [-0.05, 0) is 42.6 Å². The number of ketones is 2. The number of pyridine rings is 1. The van der Waals surface area contributed by atoms with E-state index in [-0.39, 0.29) is 17.0 Å². The largest absolute Gasteiger partial charge is 0.489 e. The number of carbonyl (C=O) groups is 2. The first-order valence-electron chi connectivity index (χ1n) is 8.45. The number of hydrogen-bond donors (Lipinski definition) is 2. The van der Waals surface area contributed by atoms with Crippen LogP contribution in [0.25, 0.3) is 22.3 Å². The number of carbonyl (C=O) groups excluding carboxylic acids is 2. The average Bonchev–Trinajstić information content (AvgIpc) is 2.67. The third-order valence-corrected chi connectivity index (χ3v) is 4.38. The number of Topliss-reactive ketones (excluding diaryl/α,β-unsaturated/α-hetero) is 2. The maximum atomic E-state index is 12.1. The summed E-state index contributed by atoms with van der Waals surface area (Å²) in [6.07, 6.45) is 3.24. The van der Waals surface area contributed by atoms with Gasteiger partial charge in [0.25, 0.3) is 0 Å². The lowest BCUT2D eigenvalue weighted by Crippen LogP contribution is -2.32. The SMILES string of the molecule is CC(=O)c1cccc(-c2cncc(-c3c(B(O)O)cccc3C(C)=O)c2)c1. The predicted octanol–water partition coefficient (Wildman–Crippen LogP) is 2.50. The summed E-state index contributed by atoms with van der Waals surface area (Å²) in [6.45, 7) is 2.94. The van der Waals surface area contributed by atoms with Crippen molar-refractivity contribution in [1.29, 1.82) is 0 Å². The zero-order valence-electron chi connectivity index (χ0n) is 15.0. The Kier molecular flexibility index (Phi) is 5.30. The van der Waals surface area contributed by atoms with E-state index in [1.54, 1.807) is 48.8 Å². The molecule has 27 heavy (non-hydrogen) atoms. The Hall–Kier alpha value is -3.09. The van der Waals surface area contributed by atoms with Gasteiger partial charge in [-0.15, -0.1) is 0 Å². The van der Waals surface area contributed by atoms with Gasteiger partial charge >= 0.3 is 7.12 Å². The molecule has 2 aromatic carbocycles. The fourth-order valence-corrected chi connectivity index (χ4v) is 3.05. The van der Waals surface area contributed by atoms with Crippen molar-refractivity contribution in [3.63, 3.8) is 0 Å². The molecule has 3 aromatic rings. The maximum absolute atomic E-state index is 12.1. The molecule has 0 saturated heterocycles. The fraction of sp³-hybridized carbons (Fsp3) is 0.0952. The van der Waals surface area contributed by atoms with E-state index >= 15 is 0 Å². The Bertz CT molecular complexity index is 1030. The minimum absolute atomic E-state index is 0.0337. The number of nitrogens with zero attached hydrogens (tertiary/aromatic N) is 1. The second-order valence-corrected chi connectivity index (χ2v) is 6.30. The predicted molar refractivity (Wildman–Crippen MR) is 105 cm³/mol. The summed E-state index contributed by atoms with van der Waals surface area (Å²) >= 11 is 0. The normalized spacial score (nSPS) is 10.5. The van der Waals surface area contributed by atoms with Gasteiger partial charge < -0.3 is 10.0 Å². The zero-order chi connectivity index (χ0) is 19.6. The summed E-state index contributed by atoms with van der Waals surface area (Å²) in [6, 6.07) is 13.8. The molecule has 134 valence electrons. The van der Waals surface area contributed by atoms with Crippen molar-refractivity contribution in [1.82, 2.24) is 4.98 Å². The van der Waals surface area contributed by atoms with Crippen molar-refractivity contribution in [3.8, 4) is 22.3 Å². The van der Waals surface area contributed by atoms with Gasteiger partial charge in [-0.3, -0.25) is 14.6 Å². The summed E-state index contributed by atoms with van der Waals surface area (Å²) in [4.78, 5) is 28.0. The molecule has 0 radical (unpaired) electrons. The Balaban J connectivity index is 2.19. The van der Waals surface area contributed by atoms with Crippen LogP contribution in [-0.4, -0.2) is 33.7 Å². The molecule has 0 aliphatic heterocycles. The molecule has 5 nitrogen and oxygen atoms in total. The number of hydrogen-bond acceptors (Lipinski definition) is 5. The van der Waals surface area contributed by atoms with Crippen LogP contribution in [-0.2, 0) is 0 Å². The summed E-state index contributed by atoms with van der Waals surface area (Å²) in [5, 5.41) is 19.5. The lowest BCUT2D eigenvalue weighted by molar-refractivity contribution is 0.100. The second-order valence-electron chi connectivity index (χ2n) is 6.30. The van der Waals surface area contributed by atoms with Gasteiger partial charge in [-0.1, -0.05) is 36.4 Å². The molecule has 0 saturated carbocycles. The molecule has 6 heteroatoms. The van der Waals surface area contributed by atoms with E-state index in [4.69, 9.17) is 0 Å². The van der Waals surface area contributed by atoms with Crippen molar-refractivity contribution in [2.45, 2.75) is 13.8 Å². The van der Waals surface area contributed by atoms with Crippen LogP contribution < -0.4 is 5.46 Å². The second kappa shape index (κ2) is 7.66. The van der Waals surface area contributed by atoms with Crippen LogP contribution in [0.4, 0.5) is 0 Å². The van der Waals surface area contributed by atoms with Crippen molar-refractivity contribution >= 4 is 24.1 Å². The van der Waals surface area contributed by atoms with Crippen molar-refractivity contribution in [2.75, 3.05) is 0 Å². The van der Waals surface area contributed by atoms with E-state index < -0.39 is 7.12 Å². The maximum Gasteiger partial charge on any atom is 0.489 e.